The van der Waals surface area contributed by atoms with Crippen LogP contribution in [-0.2, 0) is 30.9 Å². The minimum atomic E-state index is -0.861. The lowest BCUT2D eigenvalue weighted by Gasteiger charge is -2.40. The van der Waals surface area contributed by atoms with E-state index in [0.717, 1.165) is 22.6 Å². The molecule has 238 valence electrons. The minimum absolute atomic E-state index is 0.223. The van der Waals surface area contributed by atoms with Gasteiger partial charge in [0.2, 0.25) is 0 Å². The molecule has 7 nitrogen and oxygen atoms in total. The molecule has 0 amide bonds. The highest BCUT2D eigenvalue weighted by Gasteiger charge is 2.40. The van der Waals surface area contributed by atoms with Gasteiger partial charge in [0.05, 0.1) is 31.6 Å². The van der Waals surface area contributed by atoms with Crippen LogP contribution in [0.25, 0.3) is 0 Å². The van der Waals surface area contributed by atoms with Gasteiger partial charge >= 0.3 is 0 Å². The van der Waals surface area contributed by atoms with Crippen molar-refractivity contribution in [2.45, 2.75) is 65.0 Å². The summed E-state index contributed by atoms with van der Waals surface area (Å²) in [6.07, 6.45) is 9.73. The standard InChI is InChI=1S/C18H15Cl3N2O.C16H22ClN3O/c19-14-3-1-13(2-4-14)11-24-18(10-23-8-7-22-12-23)16-6-5-15(20)9-17(16)21;1-15(2,3)16(21,10-20-12-18-11-19-20)9-8-13-4-6-14(17)7-5-13/h1-9,12,18H,10-11H2;4-7,11-12,21H,8-10H2,1-3H3. The first-order chi connectivity index (χ1) is 21.4. The maximum absolute atomic E-state index is 11.1. The van der Waals surface area contributed by atoms with E-state index in [1.54, 1.807) is 29.6 Å². The number of hydrogen-bond donors (Lipinski definition) is 1. The summed E-state index contributed by atoms with van der Waals surface area (Å²) in [5.41, 5.74) is 1.98. The Morgan fingerprint density at radius 2 is 1.47 bits per heavy atom. The zero-order valence-electron chi connectivity index (χ0n) is 25.5. The number of hydrogen-bond acceptors (Lipinski definition) is 5. The van der Waals surface area contributed by atoms with Gasteiger partial charge in [-0.1, -0.05) is 97.5 Å². The fourth-order valence-electron chi connectivity index (χ4n) is 4.64. The van der Waals surface area contributed by atoms with Crippen LogP contribution in [0.15, 0.2) is 98.1 Å². The Kier molecular flexibility index (Phi) is 12.5. The molecule has 0 spiro atoms. The number of nitrogens with zero attached hydrogens (tertiary/aromatic N) is 5. The van der Waals surface area contributed by atoms with Gasteiger partial charge in [-0.05, 0) is 65.8 Å². The fourth-order valence-corrected chi connectivity index (χ4v) is 5.43. The van der Waals surface area contributed by atoms with E-state index in [-0.39, 0.29) is 11.5 Å². The van der Waals surface area contributed by atoms with E-state index in [9.17, 15) is 5.11 Å². The SMILES string of the molecule is CC(C)(C)C(O)(CCc1ccc(Cl)cc1)Cn1cncn1.Clc1ccc(COC(Cn2ccnc2)c2ccc(Cl)cc2Cl)cc1. The summed E-state index contributed by atoms with van der Waals surface area (Å²) in [6.45, 7) is 7.64. The van der Waals surface area contributed by atoms with Crippen LogP contribution < -0.4 is 0 Å². The zero-order valence-corrected chi connectivity index (χ0v) is 28.5. The molecule has 2 unspecified atom stereocenters. The van der Waals surface area contributed by atoms with E-state index in [1.165, 1.54) is 11.9 Å². The van der Waals surface area contributed by atoms with Gasteiger partial charge in [-0.3, -0.25) is 4.68 Å². The number of imidazole rings is 1. The summed E-state index contributed by atoms with van der Waals surface area (Å²) < 4.78 is 9.77. The molecule has 0 bridgehead atoms. The number of rotatable bonds is 11. The van der Waals surface area contributed by atoms with Gasteiger partial charge in [0.25, 0.3) is 0 Å². The molecule has 45 heavy (non-hydrogen) atoms. The van der Waals surface area contributed by atoms with Crippen LogP contribution in [-0.4, -0.2) is 35.0 Å². The summed E-state index contributed by atoms with van der Waals surface area (Å²) in [5.74, 6) is 0. The first kappa shape index (κ1) is 35.0. The van der Waals surface area contributed by atoms with Gasteiger partial charge in [0, 0.05) is 38.0 Å². The molecule has 5 rings (SSSR count). The molecule has 1 N–H and O–H groups in total. The predicted molar refractivity (Wildman–Crippen MR) is 182 cm³/mol. The Bertz CT molecular complexity index is 1590. The van der Waals surface area contributed by atoms with Crippen molar-refractivity contribution in [3.63, 3.8) is 0 Å². The van der Waals surface area contributed by atoms with Crippen LogP contribution in [0.4, 0.5) is 0 Å². The van der Waals surface area contributed by atoms with Gasteiger partial charge in [0.1, 0.15) is 18.8 Å². The highest BCUT2D eigenvalue weighted by Crippen LogP contribution is 2.36. The molecule has 2 aromatic heterocycles. The van der Waals surface area contributed by atoms with Gasteiger partial charge < -0.3 is 14.4 Å². The molecule has 11 heteroatoms. The van der Waals surface area contributed by atoms with E-state index in [0.29, 0.717) is 41.2 Å². The first-order valence-electron chi connectivity index (χ1n) is 14.5. The van der Waals surface area contributed by atoms with Crippen LogP contribution in [0.3, 0.4) is 0 Å². The van der Waals surface area contributed by atoms with E-state index < -0.39 is 5.60 Å². The van der Waals surface area contributed by atoms with E-state index in [2.05, 4.69) is 15.1 Å². The lowest BCUT2D eigenvalue weighted by Crippen LogP contribution is -2.47. The summed E-state index contributed by atoms with van der Waals surface area (Å²) >= 11 is 24.2. The maximum Gasteiger partial charge on any atom is 0.137 e. The Balaban J connectivity index is 0.000000207. The molecule has 5 aromatic rings. The van der Waals surface area contributed by atoms with E-state index >= 15 is 0 Å². The molecule has 3 aromatic carbocycles. The monoisotopic (exact) mass is 687 g/mol. The first-order valence-corrected chi connectivity index (χ1v) is 16.0. The van der Waals surface area contributed by atoms with Crippen molar-refractivity contribution < 1.29 is 9.84 Å². The van der Waals surface area contributed by atoms with Crippen molar-refractivity contribution in [3.8, 4) is 0 Å². The smallest absolute Gasteiger partial charge is 0.137 e. The van der Waals surface area contributed by atoms with E-state index in [1.807, 2.05) is 92.2 Å². The van der Waals surface area contributed by atoms with Gasteiger partial charge in [-0.15, -0.1) is 0 Å². The summed E-state index contributed by atoms with van der Waals surface area (Å²) in [6, 6.07) is 20.8. The van der Waals surface area contributed by atoms with E-state index in [4.69, 9.17) is 51.1 Å². The van der Waals surface area contributed by atoms with Gasteiger partial charge in [-0.25, -0.2) is 9.97 Å². The molecular formula is C34H37Cl4N5O2. The summed E-state index contributed by atoms with van der Waals surface area (Å²) in [5, 5.41) is 17.8. The molecule has 0 aliphatic rings. The number of benzene rings is 3. The number of aliphatic hydroxyl groups is 1. The highest BCUT2D eigenvalue weighted by molar-refractivity contribution is 6.35. The lowest BCUT2D eigenvalue weighted by atomic mass is 9.73. The van der Waals surface area contributed by atoms with Crippen LogP contribution in [0.5, 0.6) is 0 Å². The minimum Gasteiger partial charge on any atom is -0.387 e. The van der Waals surface area contributed by atoms with Crippen molar-refractivity contribution in [2.24, 2.45) is 5.41 Å². The number of aryl methyl sites for hydroxylation is 1. The largest absolute Gasteiger partial charge is 0.387 e. The fraction of sp³-hybridized carbons (Fsp3) is 0.324. The van der Waals surface area contributed by atoms with Crippen LogP contribution >= 0.6 is 46.4 Å². The van der Waals surface area contributed by atoms with Crippen molar-refractivity contribution in [1.29, 1.82) is 0 Å². The Morgan fingerprint density at radius 1 is 0.822 bits per heavy atom. The molecule has 0 aliphatic carbocycles. The Hall–Kier alpha value is -2.91. The molecule has 2 heterocycles. The van der Waals surface area contributed by atoms with Crippen molar-refractivity contribution >= 4 is 46.4 Å². The van der Waals surface area contributed by atoms with Crippen LogP contribution in [0, 0.1) is 5.41 Å². The Morgan fingerprint density at radius 3 is 2.02 bits per heavy atom. The lowest BCUT2D eigenvalue weighted by molar-refractivity contribution is -0.0796. The second kappa shape index (κ2) is 16.1. The molecule has 0 aliphatic heterocycles. The summed E-state index contributed by atoms with van der Waals surface area (Å²) in [4.78, 5) is 8.01. The van der Waals surface area contributed by atoms with Crippen molar-refractivity contribution in [3.05, 3.63) is 135 Å². The number of ether oxygens (including phenoxy) is 1. The molecule has 0 fully saturated rings. The quantitative estimate of drug-likeness (QED) is 0.150. The topological polar surface area (TPSA) is 78.0 Å². The third-order valence-corrected chi connectivity index (χ3v) is 8.70. The van der Waals surface area contributed by atoms with Crippen LogP contribution in [0.2, 0.25) is 20.1 Å². The molecule has 0 saturated heterocycles. The van der Waals surface area contributed by atoms with Gasteiger partial charge in [0.15, 0.2) is 0 Å². The second-order valence-electron chi connectivity index (χ2n) is 11.9. The highest BCUT2D eigenvalue weighted by atomic mass is 35.5. The average Bonchev–Trinajstić information content (AvgIpc) is 3.71. The second-order valence-corrected chi connectivity index (χ2v) is 13.6. The molecule has 2 atom stereocenters. The predicted octanol–water partition coefficient (Wildman–Crippen LogP) is 9.14. The normalized spacial score (nSPS) is 13.5. The Labute approximate surface area is 284 Å². The van der Waals surface area contributed by atoms with Gasteiger partial charge in [-0.2, -0.15) is 5.10 Å². The van der Waals surface area contributed by atoms with Crippen LogP contribution in [0.1, 0.15) is 50.0 Å². The third kappa shape index (κ3) is 10.6. The van der Waals surface area contributed by atoms with Crippen molar-refractivity contribution in [2.75, 3.05) is 0 Å². The molecular weight excluding hydrogens is 652 g/mol. The maximum atomic E-state index is 11.1. The van der Waals surface area contributed by atoms with Crippen molar-refractivity contribution in [1.82, 2.24) is 24.3 Å². The molecule has 0 radical (unpaired) electrons. The number of halogens is 4. The zero-order chi connectivity index (χ0) is 32.5. The number of aromatic nitrogens is 5. The average molecular weight is 690 g/mol. The molecule has 0 saturated carbocycles. The summed E-state index contributed by atoms with van der Waals surface area (Å²) in [7, 11) is 0. The third-order valence-electron chi connectivity index (χ3n) is 7.64.